The first-order valence-electron chi connectivity index (χ1n) is 7.79. The summed E-state index contributed by atoms with van der Waals surface area (Å²) in [6.07, 6.45) is 0.870. The molecule has 0 radical (unpaired) electrons. The molecule has 2 amide bonds. The summed E-state index contributed by atoms with van der Waals surface area (Å²) in [5.74, 6) is -0.311. The summed E-state index contributed by atoms with van der Waals surface area (Å²) < 4.78 is 0. The van der Waals surface area contributed by atoms with Crippen LogP contribution in [0.4, 0.5) is 5.69 Å². The molecule has 2 N–H and O–H groups in total. The Morgan fingerprint density at radius 3 is 2.48 bits per heavy atom. The second-order valence-corrected chi connectivity index (χ2v) is 5.63. The van der Waals surface area contributed by atoms with Crippen LogP contribution in [0.1, 0.15) is 46.5 Å². The Morgan fingerprint density at radius 2 is 1.78 bits per heavy atom. The van der Waals surface area contributed by atoms with E-state index in [0.29, 0.717) is 16.8 Å². The fourth-order valence-electron chi connectivity index (χ4n) is 2.17. The lowest BCUT2D eigenvalue weighted by atomic mass is 10.1. The lowest BCUT2D eigenvalue weighted by Gasteiger charge is -2.12. The van der Waals surface area contributed by atoms with Crippen molar-refractivity contribution in [2.75, 3.05) is 5.32 Å². The number of amides is 2. The van der Waals surface area contributed by atoms with Gasteiger partial charge in [0.15, 0.2) is 0 Å². The molecule has 0 bridgehead atoms. The first-order chi connectivity index (χ1) is 11.0. The van der Waals surface area contributed by atoms with Crippen LogP contribution >= 0.6 is 0 Å². The van der Waals surface area contributed by atoms with Crippen molar-refractivity contribution in [1.29, 1.82) is 0 Å². The lowest BCUT2D eigenvalue weighted by molar-refractivity contribution is 0.0938. The number of aryl methyl sites for hydroxylation is 1. The van der Waals surface area contributed by atoms with Crippen molar-refractivity contribution in [3.63, 3.8) is 0 Å². The maximum Gasteiger partial charge on any atom is 0.255 e. The van der Waals surface area contributed by atoms with Gasteiger partial charge in [-0.2, -0.15) is 0 Å². The van der Waals surface area contributed by atoms with Crippen LogP contribution in [-0.4, -0.2) is 17.9 Å². The highest BCUT2D eigenvalue weighted by atomic mass is 16.2. The molecule has 0 heterocycles. The number of carbonyl (C=O) groups excluding carboxylic acids is 2. The minimum absolute atomic E-state index is 0.118. The summed E-state index contributed by atoms with van der Waals surface area (Å²) in [5.41, 5.74) is 2.68. The van der Waals surface area contributed by atoms with Gasteiger partial charge in [0.2, 0.25) is 0 Å². The Labute approximate surface area is 136 Å². The molecule has 0 aliphatic carbocycles. The van der Waals surface area contributed by atoms with E-state index in [1.165, 1.54) is 0 Å². The molecule has 0 saturated heterocycles. The zero-order chi connectivity index (χ0) is 16.8. The summed E-state index contributed by atoms with van der Waals surface area (Å²) in [7, 11) is 0. The predicted octanol–water partition coefficient (Wildman–Crippen LogP) is 3.78. The fraction of sp³-hybridized carbons (Fsp3) is 0.263. The molecule has 4 nitrogen and oxygen atoms in total. The number of hydrogen-bond acceptors (Lipinski definition) is 2. The Hall–Kier alpha value is -2.62. The molecular formula is C19H22N2O2. The summed E-state index contributed by atoms with van der Waals surface area (Å²) in [6.45, 7) is 5.87. The van der Waals surface area contributed by atoms with Gasteiger partial charge in [0.25, 0.3) is 11.8 Å². The van der Waals surface area contributed by atoms with Crippen LogP contribution in [-0.2, 0) is 0 Å². The number of carbonyl (C=O) groups is 2. The van der Waals surface area contributed by atoms with Crippen molar-refractivity contribution in [1.82, 2.24) is 5.32 Å². The van der Waals surface area contributed by atoms with Gasteiger partial charge in [-0.3, -0.25) is 9.59 Å². The van der Waals surface area contributed by atoms with Gasteiger partial charge in [0.1, 0.15) is 0 Å². The van der Waals surface area contributed by atoms with Crippen LogP contribution < -0.4 is 10.6 Å². The fourth-order valence-corrected chi connectivity index (χ4v) is 2.17. The summed E-state index contributed by atoms with van der Waals surface area (Å²) in [4.78, 5) is 24.5. The Balaban J connectivity index is 2.13. The van der Waals surface area contributed by atoms with Gasteiger partial charge in [-0.1, -0.05) is 31.2 Å². The van der Waals surface area contributed by atoms with Gasteiger partial charge in [-0.25, -0.2) is 0 Å². The summed E-state index contributed by atoms with van der Waals surface area (Å²) in [5, 5.41) is 5.76. The van der Waals surface area contributed by atoms with Crippen LogP contribution in [0.15, 0.2) is 48.5 Å². The molecule has 1 atom stereocenters. The molecule has 23 heavy (non-hydrogen) atoms. The van der Waals surface area contributed by atoms with Crippen molar-refractivity contribution in [2.45, 2.75) is 33.2 Å². The lowest BCUT2D eigenvalue weighted by Crippen LogP contribution is -2.31. The molecule has 4 heteroatoms. The molecule has 0 aromatic heterocycles. The van der Waals surface area contributed by atoms with E-state index in [9.17, 15) is 9.59 Å². The van der Waals surface area contributed by atoms with Crippen molar-refractivity contribution >= 4 is 17.5 Å². The normalized spacial score (nSPS) is 11.6. The van der Waals surface area contributed by atoms with E-state index in [1.807, 2.05) is 39.0 Å². The molecule has 0 fully saturated rings. The minimum Gasteiger partial charge on any atom is -0.350 e. The van der Waals surface area contributed by atoms with E-state index in [1.54, 1.807) is 30.3 Å². The zero-order valence-corrected chi connectivity index (χ0v) is 13.7. The van der Waals surface area contributed by atoms with Crippen LogP contribution in [0.25, 0.3) is 0 Å². The highest BCUT2D eigenvalue weighted by Crippen LogP contribution is 2.14. The molecular weight excluding hydrogens is 288 g/mol. The smallest absolute Gasteiger partial charge is 0.255 e. The predicted molar refractivity (Wildman–Crippen MR) is 92.8 cm³/mol. The molecule has 0 aliphatic heterocycles. The molecule has 0 unspecified atom stereocenters. The van der Waals surface area contributed by atoms with E-state index >= 15 is 0 Å². The highest BCUT2D eigenvalue weighted by molar-refractivity contribution is 6.06. The summed E-state index contributed by atoms with van der Waals surface area (Å²) in [6, 6.07) is 14.5. The summed E-state index contributed by atoms with van der Waals surface area (Å²) >= 11 is 0. The zero-order valence-electron chi connectivity index (χ0n) is 13.7. The minimum atomic E-state index is -0.178. The van der Waals surface area contributed by atoms with Crippen molar-refractivity contribution in [3.8, 4) is 0 Å². The van der Waals surface area contributed by atoms with Crippen molar-refractivity contribution < 1.29 is 9.59 Å². The van der Waals surface area contributed by atoms with E-state index in [2.05, 4.69) is 10.6 Å². The Bertz CT molecular complexity index is 710. The Morgan fingerprint density at radius 1 is 1.04 bits per heavy atom. The molecule has 120 valence electrons. The molecule has 2 aromatic rings. The monoisotopic (exact) mass is 310 g/mol. The SMILES string of the molecule is CC[C@@H](C)NC(=O)c1cccc(NC(=O)c2ccccc2C)c1. The highest BCUT2D eigenvalue weighted by Gasteiger charge is 2.11. The van der Waals surface area contributed by atoms with Gasteiger partial charge >= 0.3 is 0 Å². The van der Waals surface area contributed by atoms with E-state index in [4.69, 9.17) is 0 Å². The number of rotatable bonds is 5. The van der Waals surface area contributed by atoms with Gasteiger partial charge in [0, 0.05) is 22.9 Å². The molecule has 0 aliphatic rings. The number of benzene rings is 2. The average molecular weight is 310 g/mol. The second-order valence-electron chi connectivity index (χ2n) is 5.63. The second kappa shape index (κ2) is 7.58. The quantitative estimate of drug-likeness (QED) is 0.883. The third kappa shape index (κ3) is 4.42. The number of hydrogen-bond donors (Lipinski definition) is 2. The van der Waals surface area contributed by atoms with Crippen LogP contribution in [0.2, 0.25) is 0 Å². The number of anilines is 1. The van der Waals surface area contributed by atoms with Gasteiger partial charge in [0.05, 0.1) is 0 Å². The number of nitrogens with one attached hydrogen (secondary N) is 2. The average Bonchev–Trinajstić information content (AvgIpc) is 2.55. The topological polar surface area (TPSA) is 58.2 Å². The Kier molecular flexibility index (Phi) is 5.52. The molecule has 0 saturated carbocycles. The van der Waals surface area contributed by atoms with Crippen molar-refractivity contribution in [3.05, 3.63) is 65.2 Å². The van der Waals surface area contributed by atoms with E-state index < -0.39 is 0 Å². The third-order valence-corrected chi connectivity index (χ3v) is 3.76. The van der Waals surface area contributed by atoms with Crippen LogP contribution in [0.3, 0.4) is 0 Å². The largest absolute Gasteiger partial charge is 0.350 e. The van der Waals surface area contributed by atoms with Gasteiger partial charge < -0.3 is 10.6 Å². The molecule has 2 rings (SSSR count). The van der Waals surface area contributed by atoms with Crippen molar-refractivity contribution in [2.24, 2.45) is 0 Å². The molecule has 0 spiro atoms. The van der Waals surface area contributed by atoms with Gasteiger partial charge in [-0.15, -0.1) is 0 Å². The van der Waals surface area contributed by atoms with E-state index in [-0.39, 0.29) is 17.9 Å². The van der Waals surface area contributed by atoms with E-state index in [0.717, 1.165) is 12.0 Å². The third-order valence-electron chi connectivity index (χ3n) is 3.76. The first kappa shape index (κ1) is 16.7. The molecule has 2 aromatic carbocycles. The van der Waals surface area contributed by atoms with Crippen LogP contribution in [0, 0.1) is 6.92 Å². The van der Waals surface area contributed by atoms with Crippen LogP contribution in [0.5, 0.6) is 0 Å². The first-order valence-corrected chi connectivity index (χ1v) is 7.79. The maximum absolute atomic E-state index is 12.3. The maximum atomic E-state index is 12.3. The standard InChI is InChI=1S/C19H22N2O2/c1-4-14(3)20-18(22)15-9-7-10-16(12-15)21-19(23)17-11-6-5-8-13(17)2/h5-12,14H,4H2,1-3H3,(H,20,22)(H,21,23)/t14-/m1/s1. The van der Waals surface area contributed by atoms with Gasteiger partial charge in [-0.05, 0) is 50.1 Å².